The number of para-hydroxylation sites is 1. The summed E-state index contributed by atoms with van der Waals surface area (Å²) in [5.74, 6) is 0.244. The Bertz CT molecular complexity index is 979. The van der Waals surface area contributed by atoms with Crippen molar-refractivity contribution < 1.29 is 14.3 Å². The standard InChI is InChI=1S/C19H18N4O3/c1-25-15-8-5-9-16(26-2)17(15)14-10-12(18(24)23-19(20)21)11-6-3-4-7-13(11)22-14/h3-10H,1-2H3,(H4,20,21,23,24). The van der Waals surface area contributed by atoms with Gasteiger partial charge in [0.05, 0.1) is 36.6 Å². The molecule has 0 radical (unpaired) electrons. The minimum atomic E-state index is -0.480. The Labute approximate surface area is 150 Å². The number of ether oxygens (including phenoxy) is 2. The van der Waals surface area contributed by atoms with Crippen LogP contribution in [0, 0.1) is 5.41 Å². The highest BCUT2D eigenvalue weighted by molar-refractivity contribution is 6.12. The summed E-state index contributed by atoms with van der Waals surface area (Å²) in [6, 6.07) is 14.3. The monoisotopic (exact) mass is 350 g/mol. The number of rotatable bonds is 4. The number of nitrogens with zero attached hydrogens (tertiary/aromatic N) is 1. The third-order valence-electron chi connectivity index (χ3n) is 3.89. The summed E-state index contributed by atoms with van der Waals surface area (Å²) in [6.45, 7) is 0. The molecule has 26 heavy (non-hydrogen) atoms. The molecule has 3 aromatic rings. The van der Waals surface area contributed by atoms with Gasteiger partial charge in [-0.25, -0.2) is 4.98 Å². The number of hydrogen-bond acceptors (Lipinski definition) is 5. The SMILES string of the molecule is COc1cccc(OC)c1-c1cc(C(=O)NC(=N)N)c2ccccc2n1. The molecule has 0 fully saturated rings. The molecule has 132 valence electrons. The number of methoxy groups -OCH3 is 2. The molecule has 0 saturated carbocycles. The van der Waals surface area contributed by atoms with E-state index in [0.29, 0.717) is 39.2 Å². The van der Waals surface area contributed by atoms with Crippen LogP contribution in [-0.2, 0) is 0 Å². The minimum absolute atomic E-state index is 0.355. The van der Waals surface area contributed by atoms with E-state index >= 15 is 0 Å². The number of hydrogen-bond donors (Lipinski definition) is 3. The van der Waals surface area contributed by atoms with Gasteiger partial charge in [-0.2, -0.15) is 0 Å². The molecule has 2 aromatic carbocycles. The zero-order valence-electron chi connectivity index (χ0n) is 14.4. The lowest BCUT2D eigenvalue weighted by Gasteiger charge is -2.15. The number of nitrogens with one attached hydrogen (secondary N) is 2. The number of aromatic nitrogens is 1. The first-order chi connectivity index (χ1) is 12.5. The number of pyridine rings is 1. The highest BCUT2D eigenvalue weighted by Crippen LogP contribution is 2.38. The van der Waals surface area contributed by atoms with Crippen molar-refractivity contribution in [3.05, 3.63) is 54.1 Å². The number of fused-ring (bicyclic) bond motifs is 1. The molecule has 1 aromatic heterocycles. The summed E-state index contributed by atoms with van der Waals surface area (Å²) < 4.78 is 10.9. The first-order valence-corrected chi connectivity index (χ1v) is 7.81. The maximum atomic E-state index is 12.5. The number of carbonyl (C=O) groups excluding carboxylic acids is 1. The zero-order valence-corrected chi connectivity index (χ0v) is 14.4. The van der Waals surface area contributed by atoms with E-state index in [1.165, 1.54) is 0 Å². The van der Waals surface area contributed by atoms with E-state index in [1.807, 2.05) is 24.3 Å². The van der Waals surface area contributed by atoms with Gasteiger partial charge >= 0.3 is 0 Å². The van der Waals surface area contributed by atoms with Crippen molar-refractivity contribution in [2.45, 2.75) is 0 Å². The third-order valence-corrected chi connectivity index (χ3v) is 3.89. The summed E-state index contributed by atoms with van der Waals surface area (Å²) in [7, 11) is 3.12. The van der Waals surface area contributed by atoms with E-state index in [-0.39, 0.29) is 0 Å². The topological polar surface area (TPSA) is 110 Å². The lowest BCUT2D eigenvalue weighted by molar-refractivity contribution is 0.0978. The summed E-state index contributed by atoms with van der Waals surface area (Å²) >= 11 is 0. The lowest BCUT2D eigenvalue weighted by atomic mass is 10.0. The number of carbonyl (C=O) groups is 1. The quantitative estimate of drug-likeness (QED) is 0.495. The Morgan fingerprint density at radius 1 is 1.08 bits per heavy atom. The van der Waals surface area contributed by atoms with Crippen LogP contribution >= 0.6 is 0 Å². The van der Waals surface area contributed by atoms with Gasteiger partial charge in [0.25, 0.3) is 5.91 Å². The van der Waals surface area contributed by atoms with E-state index in [9.17, 15) is 4.79 Å². The van der Waals surface area contributed by atoms with E-state index in [2.05, 4.69) is 10.3 Å². The van der Waals surface area contributed by atoms with Crippen LogP contribution in [0.1, 0.15) is 10.4 Å². The molecule has 0 saturated heterocycles. The van der Waals surface area contributed by atoms with Gasteiger partial charge in [0.2, 0.25) is 0 Å². The molecule has 1 amide bonds. The molecule has 0 aliphatic rings. The summed E-state index contributed by atoms with van der Waals surface area (Å²) in [4.78, 5) is 17.2. The molecular formula is C19H18N4O3. The van der Waals surface area contributed by atoms with Crippen molar-refractivity contribution in [1.82, 2.24) is 10.3 Å². The number of guanidine groups is 1. The van der Waals surface area contributed by atoms with E-state index < -0.39 is 11.9 Å². The Hall–Kier alpha value is -3.61. The number of nitrogens with two attached hydrogens (primary N) is 1. The second-order valence-corrected chi connectivity index (χ2v) is 5.48. The summed E-state index contributed by atoms with van der Waals surface area (Å²) in [6.07, 6.45) is 0. The van der Waals surface area contributed by atoms with Crippen LogP contribution in [0.4, 0.5) is 0 Å². The minimum Gasteiger partial charge on any atom is -0.496 e. The van der Waals surface area contributed by atoms with Crippen LogP contribution < -0.4 is 20.5 Å². The van der Waals surface area contributed by atoms with Crippen LogP contribution in [0.2, 0.25) is 0 Å². The molecule has 0 bridgehead atoms. The van der Waals surface area contributed by atoms with Gasteiger partial charge in [0, 0.05) is 5.39 Å². The highest BCUT2D eigenvalue weighted by atomic mass is 16.5. The first kappa shape index (κ1) is 17.2. The second kappa shape index (κ2) is 7.10. The van der Waals surface area contributed by atoms with Crippen molar-refractivity contribution in [3.8, 4) is 22.8 Å². The lowest BCUT2D eigenvalue weighted by Crippen LogP contribution is -2.35. The molecule has 0 aliphatic heterocycles. The van der Waals surface area contributed by atoms with Crippen molar-refractivity contribution in [2.75, 3.05) is 14.2 Å². The molecule has 7 nitrogen and oxygen atoms in total. The summed E-state index contributed by atoms with van der Waals surface area (Å²) in [5.41, 5.74) is 7.46. The molecular weight excluding hydrogens is 332 g/mol. The van der Waals surface area contributed by atoms with E-state index in [1.54, 1.807) is 38.5 Å². The van der Waals surface area contributed by atoms with Crippen molar-refractivity contribution in [1.29, 1.82) is 5.41 Å². The van der Waals surface area contributed by atoms with E-state index in [4.69, 9.17) is 20.6 Å². The average Bonchev–Trinajstić information content (AvgIpc) is 2.65. The molecule has 1 heterocycles. The molecule has 0 atom stereocenters. The largest absolute Gasteiger partial charge is 0.496 e. The Morgan fingerprint density at radius 2 is 1.73 bits per heavy atom. The Morgan fingerprint density at radius 3 is 2.35 bits per heavy atom. The number of benzene rings is 2. The van der Waals surface area contributed by atoms with Crippen LogP contribution in [0.25, 0.3) is 22.2 Å². The zero-order chi connectivity index (χ0) is 18.7. The van der Waals surface area contributed by atoms with Crippen LogP contribution in [0.5, 0.6) is 11.5 Å². The maximum Gasteiger partial charge on any atom is 0.258 e. The van der Waals surface area contributed by atoms with Crippen LogP contribution in [0.15, 0.2) is 48.5 Å². The highest BCUT2D eigenvalue weighted by Gasteiger charge is 2.19. The second-order valence-electron chi connectivity index (χ2n) is 5.48. The van der Waals surface area contributed by atoms with Crippen LogP contribution in [-0.4, -0.2) is 31.1 Å². The van der Waals surface area contributed by atoms with E-state index in [0.717, 1.165) is 0 Å². The molecule has 0 unspecified atom stereocenters. The van der Waals surface area contributed by atoms with Gasteiger partial charge in [-0.15, -0.1) is 0 Å². The smallest absolute Gasteiger partial charge is 0.258 e. The average molecular weight is 350 g/mol. The van der Waals surface area contributed by atoms with Gasteiger partial charge in [-0.3, -0.25) is 15.5 Å². The predicted octanol–water partition coefficient (Wildman–Crippen LogP) is 2.54. The van der Waals surface area contributed by atoms with Gasteiger partial charge in [0.15, 0.2) is 5.96 Å². The maximum absolute atomic E-state index is 12.5. The van der Waals surface area contributed by atoms with Crippen molar-refractivity contribution in [2.24, 2.45) is 5.73 Å². The molecule has 4 N–H and O–H groups in total. The predicted molar refractivity (Wildman–Crippen MR) is 99.7 cm³/mol. The Kier molecular flexibility index (Phi) is 4.70. The molecule has 0 aliphatic carbocycles. The molecule has 7 heteroatoms. The van der Waals surface area contributed by atoms with Gasteiger partial charge in [0.1, 0.15) is 11.5 Å². The van der Waals surface area contributed by atoms with Crippen LogP contribution in [0.3, 0.4) is 0 Å². The normalized spacial score (nSPS) is 10.4. The molecule has 3 rings (SSSR count). The fraction of sp³-hybridized carbons (Fsp3) is 0.105. The molecule has 0 spiro atoms. The van der Waals surface area contributed by atoms with Crippen molar-refractivity contribution >= 4 is 22.8 Å². The van der Waals surface area contributed by atoms with Gasteiger partial charge < -0.3 is 15.2 Å². The van der Waals surface area contributed by atoms with Gasteiger partial charge in [-0.1, -0.05) is 24.3 Å². The van der Waals surface area contributed by atoms with Crippen molar-refractivity contribution in [3.63, 3.8) is 0 Å². The summed E-state index contributed by atoms with van der Waals surface area (Å²) in [5, 5.41) is 10.3. The first-order valence-electron chi connectivity index (χ1n) is 7.81. The third kappa shape index (κ3) is 3.14. The fourth-order valence-corrected chi connectivity index (χ4v) is 2.78. The Balaban J connectivity index is 2.29. The van der Waals surface area contributed by atoms with Gasteiger partial charge in [-0.05, 0) is 24.3 Å². The fourth-order valence-electron chi connectivity index (χ4n) is 2.78. The number of amides is 1.